The molecule has 1 aromatic heterocycles. The minimum absolute atomic E-state index is 0.0207. The Labute approximate surface area is 199 Å². The maximum Gasteiger partial charge on any atom is 0.247 e. The fourth-order valence-corrected chi connectivity index (χ4v) is 5.15. The Morgan fingerprint density at radius 2 is 2.12 bits per heavy atom. The number of halogens is 2. The summed E-state index contributed by atoms with van der Waals surface area (Å²) in [6.45, 7) is 1.71. The van der Waals surface area contributed by atoms with Crippen LogP contribution in [-0.2, 0) is 10.3 Å². The third-order valence-electron chi connectivity index (χ3n) is 5.50. The van der Waals surface area contributed by atoms with Gasteiger partial charge >= 0.3 is 0 Å². The van der Waals surface area contributed by atoms with Gasteiger partial charge in [0.15, 0.2) is 17.6 Å². The quantitative estimate of drug-likeness (QED) is 0.503. The van der Waals surface area contributed by atoms with Gasteiger partial charge in [-0.1, -0.05) is 29.8 Å². The van der Waals surface area contributed by atoms with Crippen molar-refractivity contribution in [2.45, 2.75) is 17.2 Å². The number of aromatic nitrogens is 2. The van der Waals surface area contributed by atoms with Crippen LogP contribution in [0.25, 0.3) is 11.9 Å². The Bertz CT molecular complexity index is 1300. The van der Waals surface area contributed by atoms with E-state index in [9.17, 15) is 9.18 Å². The zero-order valence-corrected chi connectivity index (χ0v) is 19.5. The number of aliphatic imine (C=N–C) groups is 1. The number of hydrogen-bond donors (Lipinski definition) is 1. The molecular weight excluding hydrogens is 460 g/mol. The summed E-state index contributed by atoms with van der Waals surface area (Å²) in [6, 6.07) is 4.15. The standard InChI is InChI=1S/C24H21F2N5O2S/c1-5-8-33-20-13-28-18(12-29-20)17(26)10-14-6-7-16(25)15(9-14)23(2)19-11-24(19,21(32)31(3)4)34-22(27)30-23/h1,6-7,9-13H,8H2,2-4H3,(H2,27,30)/b17-10-/t23-,24+/m1/s1. The van der Waals surface area contributed by atoms with E-state index in [4.69, 9.17) is 16.9 Å². The number of carbonyl (C=O) groups is 1. The van der Waals surface area contributed by atoms with Crippen LogP contribution in [0.15, 0.2) is 47.2 Å². The third-order valence-corrected chi connectivity index (χ3v) is 6.63. The van der Waals surface area contributed by atoms with Gasteiger partial charge in [0.05, 0.1) is 12.4 Å². The highest BCUT2D eigenvalue weighted by Crippen LogP contribution is 2.60. The van der Waals surface area contributed by atoms with Gasteiger partial charge in [-0.05, 0) is 36.3 Å². The molecule has 0 radical (unpaired) electrons. The number of nitrogens with zero attached hydrogens (tertiary/aromatic N) is 4. The van der Waals surface area contributed by atoms with Crippen molar-refractivity contribution in [2.75, 3.05) is 20.7 Å². The Kier molecular flexibility index (Phi) is 5.91. The first-order valence-electron chi connectivity index (χ1n) is 10.2. The largest absolute Gasteiger partial charge is 0.463 e. The molecule has 2 atom stereocenters. The van der Waals surface area contributed by atoms with Crippen LogP contribution in [0.2, 0.25) is 0 Å². The summed E-state index contributed by atoms with van der Waals surface area (Å²) in [5, 5.41) is 0.171. The van der Waals surface area contributed by atoms with Crippen LogP contribution in [-0.4, -0.2) is 51.4 Å². The van der Waals surface area contributed by atoms with Crippen LogP contribution in [0, 0.1) is 18.2 Å². The van der Waals surface area contributed by atoms with E-state index in [1.54, 1.807) is 27.1 Å². The molecule has 2 N–H and O–H groups in total. The van der Waals surface area contributed by atoms with Crippen molar-refractivity contribution < 1.29 is 18.3 Å². The second kappa shape index (κ2) is 8.57. The van der Waals surface area contributed by atoms with Crippen molar-refractivity contribution in [2.24, 2.45) is 10.7 Å². The summed E-state index contributed by atoms with van der Waals surface area (Å²) in [4.78, 5) is 26.7. The second-order valence-electron chi connectivity index (χ2n) is 8.08. The van der Waals surface area contributed by atoms with E-state index in [-0.39, 0.29) is 34.8 Å². The average Bonchev–Trinajstić information content (AvgIpc) is 3.55. The SMILES string of the molecule is C#CCOc1cnc(/C(F)=C/c2ccc(F)c([C@@]3(C)N=C(N)S[C@@]4(C(=O)N(C)C)C=C43)c2)cn1. The Morgan fingerprint density at radius 3 is 2.76 bits per heavy atom. The van der Waals surface area contributed by atoms with Gasteiger partial charge in [0.2, 0.25) is 11.8 Å². The normalized spacial score (nSPS) is 23.2. The molecule has 7 nitrogen and oxygen atoms in total. The maximum absolute atomic E-state index is 15.0. The lowest BCUT2D eigenvalue weighted by Gasteiger charge is -2.34. The molecule has 174 valence electrons. The number of rotatable bonds is 6. The summed E-state index contributed by atoms with van der Waals surface area (Å²) >= 11 is 1.13. The number of amides is 1. The summed E-state index contributed by atoms with van der Waals surface area (Å²) in [7, 11) is 3.29. The summed E-state index contributed by atoms with van der Waals surface area (Å²) in [6.07, 6.45) is 10.6. The smallest absolute Gasteiger partial charge is 0.247 e. The first-order chi connectivity index (χ1) is 16.1. The van der Waals surface area contributed by atoms with E-state index >= 15 is 4.39 Å². The number of hydrogen-bond acceptors (Lipinski definition) is 7. The Balaban J connectivity index is 1.66. The van der Waals surface area contributed by atoms with Crippen LogP contribution >= 0.6 is 11.8 Å². The van der Waals surface area contributed by atoms with E-state index in [0.717, 1.165) is 11.8 Å². The first kappa shape index (κ1) is 23.4. The van der Waals surface area contributed by atoms with Crippen LogP contribution in [0.1, 0.15) is 23.7 Å². The van der Waals surface area contributed by atoms with Crippen LogP contribution < -0.4 is 10.5 Å². The predicted octanol–water partition coefficient (Wildman–Crippen LogP) is 3.14. The number of amidine groups is 1. The average molecular weight is 482 g/mol. The first-order valence-corrected chi connectivity index (χ1v) is 11.0. The minimum atomic E-state index is -1.21. The summed E-state index contributed by atoms with van der Waals surface area (Å²) in [5.74, 6) is 1.08. The van der Waals surface area contributed by atoms with Gasteiger partial charge in [-0.25, -0.2) is 23.7 Å². The number of carbonyl (C=O) groups excluding carboxylic acids is 1. The zero-order chi connectivity index (χ0) is 24.7. The van der Waals surface area contributed by atoms with Gasteiger partial charge in [-0.15, -0.1) is 6.42 Å². The topological polar surface area (TPSA) is 93.7 Å². The van der Waals surface area contributed by atoms with Crippen molar-refractivity contribution in [1.82, 2.24) is 14.9 Å². The third kappa shape index (κ3) is 4.03. The predicted molar refractivity (Wildman–Crippen MR) is 128 cm³/mol. The van der Waals surface area contributed by atoms with E-state index in [1.165, 1.54) is 41.6 Å². The molecule has 1 amide bonds. The number of thioether (sulfide) groups is 1. The number of fused-ring (bicyclic) bond motifs is 1. The molecule has 0 unspecified atom stereocenters. The lowest BCUT2D eigenvalue weighted by molar-refractivity contribution is -0.128. The van der Waals surface area contributed by atoms with E-state index in [0.29, 0.717) is 11.1 Å². The lowest BCUT2D eigenvalue weighted by atomic mass is 9.86. The summed E-state index contributed by atoms with van der Waals surface area (Å²) < 4.78 is 34.0. The highest BCUT2D eigenvalue weighted by Gasteiger charge is 2.63. The molecular formula is C24H21F2N5O2S. The van der Waals surface area contributed by atoms with Gasteiger partial charge in [-0.3, -0.25) is 4.79 Å². The van der Waals surface area contributed by atoms with Gasteiger partial charge in [-0.2, -0.15) is 0 Å². The van der Waals surface area contributed by atoms with Crippen molar-refractivity contribution in [1.29, 1.82) is 0 Å². The molecule has 0 spiro atoms. The van der Waals surface area contributed by atoms with Crippen molar-refractivity contribution >= 4 is 34.7 Å². The molecule has 4 rings (SSSR count). The lowest BCUT2D eigenvalue weighted by Crippen LogP contribution is -2.43. The van der Waals surface area contributed by atoms with E-state index < -0.39 is 21.9 Å². The molecule has 1 aromatic carbocycles. The number of nitrogens with two attached hydrogens (primary N) is 1. The van der Waals surface area contributed by atoms with Gasteiger partial charge in [0.1, 0.15) is 21.8 Å². The summed E-state index contributed by atoms with van der Waals surface area (Å²) in [5.41, 5.74) is 6.02. The Morgan fingerprint density at radius 1 is 1.35 bits per heavy atom. The fraction of sp³-hybridized carbons (Fsp3) is 0.250. The highest BCUT2D eigenvalue weighted by molar-refractivity contribution is 8.16. The maximum atomic E-state index is 15.0. The molecule has 2 heterocycles. The van der Waals surface area contributed by atoms with Crippen LogP contribution in [0.4, 0.5) is 8.78 Å². The fourth-order valence-electron chi connectivity index (χ4n) is 3.84. The molecule has 0 fully saturated rings. The van der Waals surface area contributed by atoms with E-state index in [2.05, 4.69) is 20.9 Å². The van der Waals surface area contributed by atoms with Gasteiger partial charge < -0.3 is 15.4 Å². The van der Waals surface area contributed by atoms with Gasteiger partial charge in [0, 0.05) is 19.7 Å². The molecule has 1 aliphatic heterocycles. The minimum Gasteiger partial charge on any atom is -0.463 e. The van der Waals surface area contributed by atoms with Crippen LogP contribution in [0.5, 0.6) is 5.88 Å². The molecule has 10 heteroatoms. The molecule has 0 bridgehead atoms. The highest BCUT2D eigenvalue weighted by atomic mass is 32.2. The molecule has 2 aliphatic rings. The molecule has 1 aliphatic carbocycles. The second-order valence-corrected chi connectivity index (χ2v) is 9.35. The van der Waals surface area contributed by atoms with Crippen molar-refractivity contribution in [3.8, 4) is 18.2 Å². The number of ether oxygens (including phenoxy) is 1. The monoisotopic (exact) mass is 481 g/mol. The zero-order valence-electron chi connectivity index (χ0n) is 18.7. The molecule has 0 saturated heterocycles. The molecule has 34 heavy (non-hydrogen) atoms. The molecule has 2 aromatic rings. The van der Waals surface area contributed by atoms with Crippen molar-refractivity contribution in [3.05, 3.63) is 64.9 Å². The Hall–Kier alpha value is -3.71. The van der Waals surface area contributed by atoms with E-state index in [1.807, 2.05) is 0 Å². The number of terminal acetylenes is 1. The number of benzene rings is 1. The van der Waals surface area contributed by atoms with Crippen LogP contribution in [0.3, 0.4) is 0 Å². The van der Waals surface area contributed by atoms with Crippen molar-refractivity contribution in [3.63, 3.8) is 0 Å². The van der Waals surface area contributed by atoms with Gasteiger partial charge in [0.25, 0.3) is 0 Å². The molecule has 0 saturated carbocycles.